The van der Waals surface area contributed by atoms with Gasteiger partial charge in [-0.1, -0.05) is 41.4 Å². The van der Waals surface area contributed by atoms with E-state index in [2.05, 4.69) is 15.4 Å². The van der Waals surface area contributed by atoms with Crippen LogP contribution in [0.4, 0.5) is 5.95 Å². The molecule has 0 aliphatic rings. The monoisotopic (exact) mass is 326 g/mol. The highest BCUT2D eigenvalue weighted by molar-refractivity contribution is 6.30. The Balaban J connectivity index is 1.67. The zero-order chi connectivity index (χ0) is 16.2. The molecule has 116 valence electrons. The highest BCUT2D eigenvalue weighted by Crippen LogP contribution is 2.11. The van der Waals surface area contributed by atoms with Crippen molar-refractivity contribution in [3.05, 3.63) is 76.6 Å². The van der Waals surface area contributed by atoms with Crippen molar-refractivity contribution in [3.8, 4) is 0 Å². The summed E-state index contributed by atoms with van der Waals surface area (Å²) in [7, 11) is 0. The minimum Gasteiger partial charge on any atom is -0.289 e. The molecule has 0 atom stereocenters. The molecule has 2 aromatic carbocycles. The molecule has 0 spiro atoms. The van der Waals surface area contributed by atoms with Crippen LogP contribution in [0, 0.1) is 6.92 Å². The van der Waals surface area contributed by atoms with E-state index in [-0.39, 0.29) is 11.9 Å². The predicted molar refractivity (Wildman–Crippen MR) is 89.7 cm³/mol. The number of hydrogen-bond acceptors (Lipinski definition) is 3. The highest BCUT2D eigenvalue weighted by Gasteiger charge is 2.09. The van der Waals surface area contributed by atoms with Crippen molar-refractivity contribution < 1.29 is 4.79 Å². The Morgan fingerprint density at radius 3 is 2.74 bits per heavy atom. The molecule has 0 aliphatic heterocycles. The van der Waals surface area contributed by atoms with Crippen molar-refractivity contribution in [2.24, 2.45) is 0 Å². The van der Waals surface area contributed by atoms with Gasteiger partial charge in [0.2, 0.25) is 5.95 Å². The Morgan fingerprint density at radius 2 is 2.00 bits per heavy atom. The Kier molecular flexibility index (Phi) is 4.39. The summed E-state index contributed by atoms with van der Waals surface area (Å²) in [4.78, 5) is 16.3. The quantitative estimate of drug-likeness (QED) is 0.797. The van der Waals surface area contributed by atoms with Gasteiger partial charge in [0.25, 0.3) is 5.91 Å². The first-order chi connectivity index (χ1) is 11.1. The number of aromatic nitrogens is 3. The average molecular weight is 327 g/mol. The second-order valence-corrected chi connectivity index (χ2v) is 5.65. The van der Waals surface area contributed by atoms with E-state index in [0.29, 0.717) is 17.1 Å². The number of nitrogens with zero attached hydrogens (tertiary/aromatic N) is 3. The second-order valence-electron chi connectivity index (χ2n) is 5.22. The third kappa shape index (κ3) is 3.96. The SMILES string of the molecule is Cc1cccc(C(=O)Nc2ncn(Cc3ccc(Cl)cc3)n2)c1. The lowest BCUT2D eigenvalue weighted by Gasteiger charge is -2.03. The molecule has 0 saturated heterocycles. The maximum Gasteiger partial charge on any atom is 0.258 e. The van der Waals surface area contributed by atoms with Gasteiger partial charge in [-0.05, 0) is 36.8 Å². The first kappa shape index (κ1) is 15.2. The Bertz CT molecular complexity index is 827. The van der Waals surface area contributed by atoms with E-state index in [1.807, 2.05) is 49.4 Å². The molecular formula is C17H15ClN4O. The van der Waals surface area contributed by atoms with E-state index in [0.717, 1.165) is 11.1 Å². The van der Waals surface area contributed by atoms with Gasteiger partial charge in [-0.3, -0.25) is 10.1 Å². The molecule has 23 heavy (non-hydrogen) atoms. The van der Waals surface area contributed by atoms with Gasteiger partial charge in [0.15, 0.2) is 0 Å². The Labute approximate surface area is 138 Å². The van der Waals surface area contributed by atoms with Crippen molar-refractivity contribution in [1.29, 1.82) is 0 Å². The van der Waals surface area contributed by atoms with Crippen LogP contribution in [0.1, 0.15) is 21.5 Å². The zero-order valence-electron chi connectivity index (χ0n) is 12.5. The van der Waals surface area contributed by atoms with Crippen LogP contribution >= 0.6 is 11.6 Å². The van der Waals surface area contributed by atoms with E-state index < -0.39 is 0 Å². The number of carbonyl (C=O) groups excluding carboxylic acids is 1. The van der Waals surface area contributed by atoms with Crippen molar-refractivity contribution in [2.75, 3.05) is 5.32 Å². The largest absolute Gasteiger partial charge is 0.289 e. The highest BCUT2D eigenvalue weighted by atomic mass is 35.5. The van der Waals surface area contributed by atoms with Crippen molar-refractivity contribution >= 4 is 23.5 Å². The minimum atomic E-state index is -0.224. The molecule has 6 heteroatoms. The number of nitrogens with one attached hydrogen (secondary N) is 1. The zero-order valence-corrected chi connectivity index (χ0v) is 13.3. The third-order valence-corrected chi connectivity index (χ3v) is 3.55. The molecule has 0 fully saturated rings. The number of halogens is 1. The minimum absolute atomic E-state index is 0.224. The van der Waals surface area contributed by atoms with Crippen molar-refractivity contribution in [2.45, 2.75) is 13.5 Å². The van der Waals surface area contributed by atoms with Gasteiger partial charge in [-0.15, -0.1) is 5.10 Å². The summed E-state index contributed by atoms with van der Waals surface area (Å²) in [6, 6.07) is 14.9. The molecule has 3 aromatic rings. The van der Waals surface area contributed by atoms with Crippen LogP contribution in [0.25, 0.3) is 0 Å². The molecule has 0 aliphatic carbocycles. The molecule has 1 aromatic heterocycles. The normalized spacial score (nSPS) is 10.5. The van der Waals surface area contributed by atoms with Crippen molar-refractivity contribution in [1.82, 2.24) is 14.8 Å². The number of aryl methyl sites for hydroxylation is 1. The van der Waals surface area contributed by atoms with Crippen molar-refractivity contribution in [3.63, 3.8) is 0 Å². The molecule has 1 heterocycles. The van der Waals surface area contributed by atoms with E-state index >= 15 is 0 Å². The van der Waals surface area contributed by atoms with Crippen LogP contribution < -0.4 is 5.32 Å². The fourth-order valence-corrected chi connectivity index (χ4v) is 2.29. The molecular weight excluding hydrogens is 312 g/mol. The summed E-state index contributed by atoms with van der Waals surface area (Å²) < 4.78 is 1.66. The van der Waals surface area contributed by atoms with E-state index in [4.69, 9.17) is 11.6 Å². The maximum absolute atomic E-state index is 12.2. The fraction of sp³-hybridized carbons (Fsp3) is 0.118. The lowest BCUT2D eigenvalue weighted by Crippen LogP contribution is -2.13. The van der Waals surface area contributed by atoms with E-state index in [1.54, 1.807) is 17.1 Å². The van der Waals surface area contributed by atoms with Gasteiger partial charge in [0.05, 0.1) is 6.54 Å². The van der Waals surface area contributed by atoms with E-state index in [1.165, 1.54) is 0 Å². The number of rotatable bonds is 4. The number of benzene rings is 2. The van der Waals surface area contributed by atoms with Crippen LogP contribution in [0.15, 0.2) is 54.9 Å². The number of hydrogen-bond donors (Lipinski definition) is 1. The Hall–Kier alpha value is -2.66. The summed E-state index contributed by atoms with van der Waals surface area (Å²) in [5.74, 6) is 0.0587. The molecule has 3 rings (SSSR count). The molecule has 0 unspecified atom stereocenters. The predicted octanol–water partition coefficient (Wildman–Crippen LogP) is 3.54. The topological polar surface area (TPSA) is 59.8 Å². The van der Waals surface area contributed by atoms with Gasteiger partial charge in [-0.2, -0.15) is 0 Å². The van der Waals surface area contributed by atoms with Gasteiger partial charge in [-0.25, -0.2) is 9.67 Å². The molecule has 0 saturated carbocycles. The van der Waals surface area contributed by atoms with Gasteiger partial charge in [0.1, 0.15) is 6.33 Å². The first-order valence-corrected chi connectivity index (χ1v) is 7.50. The smallest absolute Gasteiger partial charge is 0.258 e. The van der Waals surface area contributed by atoms with Crippen LogP contribution in [0.5, 0.6) is 0 Å². The maximum atomic E-state index is 12.2. The molecule has 0 bridgehead atoms. The molecule has 5 nitrogen and oxygen atoms in total. The lowest BCUT2D eigenvalue weighted by molar-refractivity contribution is 0.102. The summed E-state index contributed by atoms with van der Waals surface area (Å²) >= 11 is 5.86. The number of amides is 1. The number of anilines is 1. The summed E-state index contributed by atoms with van der Waals surface area (Å²) in [5, 5.41) is 7.65. The van der Waals surface area contributed by atoms with Crippen LogP contribution in [-0.4, -0.2) is 20.7 Å². The molecule has 1 amide bonds. The Morgan fingerprint density at radius 1 is 1.22 bits per heavy atom. The second kappa shape index (κ2) is 6.62. The fourth-order valence-electron chi connectivity index (χ4n) is 2.16. The van der Waals surface area contributed by atoms with Crippen LogP contribution in [0.2, 0.25) is 5.02 Å². The average Bonchev–Trinajstić information content (AvgIpc) is 2.96. The van der Waals surface area contributed by atoms with Crippen LogP contribution in [-0.2, 0) is 6.54 Å². The number of carbonyl (C=O) groups is 1. The van der Waals surface area contributed by atoms with Gasteiger partial charge < -0.3 is 0 Å². The molecule has 0 radical (unpaired) electrons. The van der Waals surface area contributed by atoms with Gasteiger partial charge in [0, 0.05) is 10.6 Å². The summed E-state index contributed by atoms with van der Waals surface area (Å²) in [5.41, 5.74) is 2.66. The lowest BCUT2D eigenvalue weighted by atomic mass is 10.1. The summed E-state index contributed by atoms with van der Waals surface area (Å²) in [6.07, 6.45) is 1.58. The summed E-state index contributed by atoms with van der Waals surface area (Å²) in [6.45, 7) is 2.50. The molecule has 1 N–H and O–H groups in total. The van der Waals surface area contributed by atoms with Gasteiger partial charge >= 0.3 is 0 Å². The standard InChI is InChI=1S/C17H15ClN4O/c1-12-3-2-4-14(9-12)16(23)20-17-19-11-22(21-17)10-13-5-7-15(18)8-6-13/h2-9,11H,10H2,1H3,(H,20,21,23). The van der Waals surface area contributed by atoms with Crippen LogP contribution in [0.3, 0.4) is 0 Å². The third-order valence-electron chi connectivity index (χ3n) is 3.30. The van der Waals surface area contributed by atoms with E-state index in [9.17, 15) is 4.79 Å². The first-order valence-electron chi connectivity index (χ1n) is 7.12.